The van der Waals surface area contributed by atoms with Crippen LogP contribution in [-0.4, -0.2) is 31.2 Å². The minimum atomic E-state index is -0.356. The normalized spacial score (nSPS) is 10.7. The van der Waals surface area contributed by atoms with Gasteiger partial charge in [-0.25, -0.2) is 5.43 Å². The molecule has 2 amide bonds. The molecule has 30 heavy (non-hydrogen) atoms. The van der Waals surface area contributed by atoms with Crippen molar-refractivity contribution < 1.29 is 14.3 Å². The maximum Gasteiger partial charge on any atom is 0.259 e. The summed E-state index contributed by atoms with van der Waals surface area (Å²) in [6.07, 6.45) is 14.6. The molecular formula is C24H37N3O3. The molecule has 166 valence electrons. The second-order valence-electron chi connectivity index (χ2n) is 7.32. The number of carbonyl (C=O) groups is 2. The molecule has 6 heteroatoms. The number of carbonyl (C=O) groups excluding carboxylic acids is 2. The Balaban J connectivity index is 2.10. The van der Waals surface area contributed by atoms with E-state index in [2.05, 4.69) is 29.3 Å². The summed E-state index contributed by atoms with van der Waals surface area (Å²) in [7, 11) is 0. The quantitative estimate of drug-likeness (QED) is 0.167. The standard InChI is InChI=1S/C24H37N3O3/c1-3-5-6-7-8-9-10-11-12-16-23(28)25-20-24(29)27-26-19-21-14-13-15-22(18-21)30-17-4-2/h4,13-15,18-19H,2-3,5-12,16-17,20H2,1H3,(H,25,28)(H,27,29)/b26-19+. The topological polar surface area (TPSA) is 79.8 Å². The van der Waals surface area contributed by atoms with Crippen molar-refractivity contribution in [2.75, 3.05) is 13.2 Å². The molecule has 0 aliphatic rings. The minimum Gasteiger partial charge on any atom is -0.490 e. The molecule has 1 aromatic rings. The van der Waals surface area contributed by atoms with Crippen LogP contribution in [0.3, 0.4) is 0 Å². The zero-order chi connectivity index (χ0) is 21.9. The van der Waals surface area contributed by atoms with Crippen molar-refractivity contribution in [2.24, 2.45) is 5.10 Å². The van der Waals surface area contributed by atoms with Gasteiger partial charge in [0.2, 0.25) is 5.91 Å². The van der Waals surface area contributed by atoms with E-state index in [1.165, 1.54) is 51.2 Å². The molecule has 0 saturated heterocycles. The molecule has 0 unspecified atom stereocenters. The van der Waals surface area contributed by atoms with Gasteiger partial charge < -0.3 is 10.1 Å². The van der Waals surface area contributed by atoms with E-state index < -0.39 is 0 Å². The highest BCUT2D eigenvalue weighted by Gasteiger charge is 2.04. The van der Waals surface area contributed by atoms with E-state index in [1.54, 1.807) is 6.08 Å². The smallest absolute Gasteiger partial charge is 0.259 e. The van der Waals surface area contributed by atoms with Gasteiger partial charge in [-0.05, 0) is 24.1 Å². The lowest BCUT2D eigenvalue weighted by Gasteiger charge is -2.05. The third-order valence-electron chi connectivity index (χ3n) is 4.58. The zero-order valence-electron chi connectivity index (χ0n) is 18.3. The van der Waals surface area contributed by atoms with Crippen LogP contribution in [0, 0.1) is 0 Å². The molecule has 0 radical (unpaired) electrons. The lowest BCUT2D eigenvalue weighted by Crippen LogP contribution is -2.34. The van der Waals surface area contributed by atoms with Gasteiger partial charge in [0.1, 0.15) is 12.4 Å². The molecule has 1 rings (SSSR count). The number of nitrogens with zero attached hydrogens (tertiary/aromatic N) is 1. The van der Waals surface area contributed by atoms with E-state index >= 15 is 0 Å². The maximum atomic E-state index is 11.8. The molecule has 0 aromatic heterocycles. The molecule has 6 nitrogen and oxygen atoms in total. The number of ether oxygens (including phenoxy) is 1. The molecule has 0 spiro atoms. The van der Waals surface area contributed by atoms with E-state index in [-0.39, 0.29) is 18.4 Å². The number of amides is 2. The fraction of sp³-hybridized carbons (Fsp3) is 0.542. The van der Waals surface area contributed by atoms with Crippen molar-refractivity contribution in [3.63, 3.8) is 0 Å². The Morgan fingerprint density at radius 2 is 1.73 bits per heavy atom. The first-order chi connectivity index (χ1) is 14.7. The fourth-order valence-electron chi connectivity index (χ4n) is 2.92. The minimum absolute atomic E-state index is 0.0733. The average molecular weight is 416 g/mol. The molecule has 0 aliphatic heterocycles. The first kappa shape index (κ1) is 25.4. The van der Waals surface area contributed by atoms with Gasteiger partial charge in [0.25, 0.3) is 5.91 Å². The van der Waals surface area contributed by atoms with Gasteiger partial charge in [0, 0.05) is 6.42 Å². The van der Waals surface area contributed by atoms with Gasteiger partial charge in [-0.15, -0.1) is 0 Å². The molecule has 0 fully saturated rings. The molecule has 2 N–H and O–H groups in total. The highest BCUT2D eigenvalue weighted by atomic mass is 16.5. The summed E-state index contributed by atoms with van der Waals surface area (Å²) in [6.45, 7) is 6.19. The predicted molar refractivity (Wildman–Crippen MR) is 123 cm³/mol. The fourth-order valence-corrected chi connectivity index (χ4v) is 2.92. The molecule has 1 aromatic carbocycles. The van der Waals surface area contributed by atoms with Crippen molar-refractivity contribution >= 4 is 18.0 Å². The lowest BCUT2D eigenvalue weighted by atomic mass is 10.1. The van der Waals surface area contributed by atoms with Crippen molar-refractivity contribution in [1.82, 2.24) is 10.7 Å². The number of hydrazone groups is 1. The molecular weight excluding hydrogens is 378 g/mol. The maximum absolute atomic E-state index is 11.8. The summed E-state index contributed by atoms with van der Waals surface area (Å²) in [6, 6.07) is 7.34. The molecule has 0 atom stereocenters. The third kappa shape index (κ3) is 13.5. The number of unbranched alkanes of at least 4 members (excludes halogenated alkanes) is 8. The van der Waals surface area contributed by atoms with E-state index in [0.29, 0.717) is 18.8 Å². The lowest BCUT2D eigenvalue weighted by molar-refractivity contribution is -0.126. The van der Waals surface area contributed by atoms with Gasteiger partial charge >= 0.3 is 0 Å². The van der Waals surface area contributed by atoms with Crippen LogP contribution in [0.5, 0.6) is 5.75 Å². The number of rotatable bonds is 17. The molecule has 0 aliphatic carbocycles. The van der Waals surface area contributed by atoms with Gasteiger partial charge in [-0.3, -0.25) is 9.59 Å². The monoisotopic (exact) mass is 415 g/mol. The summed E-state index contributed by atoms with van der Waals surface area (Å²) >= 11 is 0. The molecule has 0 saturated carbocycles. The second-order valence-corrected chi connectivity index (χ2v) is 7.32. The van der Waals surface area contributed by atoms with Crippen LogP contribution in [0.15, 0.2) is 42.0 Å². The summed E-state index contributed by atoms with van der Waals surface area (Å²) in [5.41, 5.74) is 3.21. The van der Waals surface area contributed by atoms with Crippen LogP contribution in [-0.2, 0) is 9.59 Å². The second kappa shape index (κ2) is 17.2. The van der Waals surface area contributed by atoms with Crippen LogP contribution >= 0.6 is 0 Å². The summed E-state index contributed by atoms with van der Waals surface area (Å²) in [5, 5.41) is 6.55. The predicted octanol–water partition coefficient (Wildman–Crippen LogP) is 4.74. The number of benzene rings is 1. The Bertz CT molecular complexity index is 659. The van der Waals surface area contributed by atoms with E-state index in [4.69, 9.17) is 4.74 Å². The largest absolute Gasteiger partial charge is 0.490 e. The van der Waals surface area contributed by atoms with Gasteiger partial charge in [0.15, 0.2) is 0 Å². The first-order valence-electron chi connectivity index (χ1n) is 11.1. The zero-order valence-corrected chi connectivity index (χ0v) is 18.3. The Kier molecular flexibility index (Phi) is 14.6. The SMILES string of the molecule is C=CCOc1cccc(/C=N/NC(=O)CNC(=O)CCCCCCCCCCC)c1. The van der Waals surface area contributed by atoms with E-state index in [0.717, 1.165) is 18.4 Å². The van der Waals surface area contributed by atoms with Crippen molar-refractivity contribution in [1.29, 1.82) is 0 Å². The number of hydrogen-bond donors (Lipinski definition) is 2. The first-order valence-corrected chi connectivity index (χ1v) is 11.1. The Hall–Kier alpha value is -2.63. The van der Waals surface area contributed by atoms with Crippen molar-refractivity contribution in [3.8, 4) is 5.75 Å². The number of hydrogen-bond acceptors (Lipinski definition) is 4. The molecule has 0 bridgehead atoms. The Morgan fingerprint density at radius 3 is 2.43 bits per heavy atom. The van der Waals surface area contributed by atoms with E-state index in [1.807, 2.05) is 24.3 Å². The van der Waals surface area contributed by atoms with Crippen LogP contribution in [0.4, 0.5) is 0 Å². The third-order valence-corrected chi connectivity index (χ3v) is 4.58. The summed E-state index contributed by atoms with van der Waals surface area (Å²) in [4.78, 5) is 23.6. The summed E-state index contributed by atoms with van der Waals surface area (Å²) in [5.74, 6) is 0.254. The Labute approximate surface area is 181 Å². The van der Waals surface area contributed by atoms with Crippen molar-refractivity contribution in [2.45, 2.75) is 71.1 Å². The van der Waals surface area contributed by atoms with Gasteiger partial charge in [-0.2, -0.15) is 5.10 Å². The van der Waals surface area contributed by atoms with Crippen LogP contribution in [0.25, 0.3) is 0 Å². The highest BCUT2D eigenvalue weighted by molar-refractivity contribution is 5.86. The molecule has 0 heterocycles. The van der Waals surface area contributed by atoms with E-state index in [9.17, 15) is 9.59 Å². The van der Waals surface area contributed by atoms with Gasteiger partial charge in [0.05, 0.1) is 12.8 Å². The Morgan fingerprint density at radius 1 is 1.03 bits per heavy atom. The highest BCUT2D eigenvalue weighted by Crippen LogP contribution is 2.12. The van der Waals surface area contributed by atoms with Crippen molar-refractivity contribution in [3.05, 3.63) is 42.5 Å². The summed E-state index contributed by atoms with van der Waals surface area (Å²) < 4.78 is 5.45. The van der Waals surface area contributed by atoms with Crippen LogP contribution in [0.1, 0.15) is 76.7 Å². The average Bonchev–Trinajstić information content (AvgIpc) is 2.75. The van der Waals surface area contributed by atoms with Gasteiger partial charge in [-0.1, -0.05) is 83.1 Å². The van der Waals surface area contributed by atoms with Crippen LogP contribution in [0.2, 0.25) is 0 Å². The van der Waals surface area contributed by atoms with Crippen LogP contribution < -0.4 is 15.5 Å². The number of nitrogens with one attached hydrogen (secondary N) is 2.